The molecule has 308 valence electrons. The van der Waals surface area contributed by atoms with Gasteiger partial charge < -0.3 is 14.1 Å². The zero-order valence-electron chi connectivity index (χ0n) is 32.9. The second-order valence-corrected chi connectivity index (χ2v) is 12.6. The van der Waals surface area contributed by atoms with E-state index in [9.17, 15) is 25.9 Å². The molecule has 1 aromatic heterocycles. The molecule has 3 nitrogen and oxygen atoms in total. The molecule has 0 spiro atoms. The van der Waals surface area contributed by atoms with Gasteiger partial charge in [0.25, 0.3) is 0 Å². The van der Waals surface area contributed by atoms with Gasteiger partial charge in [0, 0.05) is 29.3 Å². The number of ether oxygens (including phenoxy) is 1. The van der Waals surface area contributed by atoms with E-state index in [4.69, 9.17) is 9.15 Å². The lowest BCUT2D eigenvalue weighted by Gasteiger charge is -2.18. The van der Waals surface area contributed by atoms with Crippen molar-refractivity contribution in [2.75, 3.05) is 14.1 Å². The summed E-state index contributed by atoms with van der Waals surface area (Å²) in [6, 6.07) is 45.3. The number of hydrogen-bond donors (Lipinski definition) is 0. The summed E-state index contributed by atoms with van der Waals surface area (Å²) in [4.78, 5) is 0. The molecule has 0 atom stereocenters. The minimum Gasteiger partial charge on any atom is -1.00 e. The molecule has 0 saturated heterocycles. The predicted octanol–water partition coefficient (Wildman–Crippen LogP) is 7.32. The minimum absolute atomic E-state index is 0. The average molecular weight is 825 g/mol. The van der Waals surface area contributed by atoms with E-state index in [0.717, 1.165) is 45.3 Å². The molecule has 1 aliphatic carbocycles. The Balaban J connectivity index is 0.000000364. The van der Waals surface area contributed by atoms with Crippen LogP contribution in [0.2, 0.25) is 0 Å². The Kier molecular flexibility index (Phi) is 21.6. The Morgan fingerprint density at radius 2 is 0.983 bits per heavy atom. The first-order chi connectivity index (χ1) is 28.0. The summed E-state index contributed by atoms with van der Waals surface area (Å²) in [6.07, 6.45) is 20.8. The van der Waals surface area contributed by atoms with E-state index in [1.165, 1.54) is 22.4 Å². The van der Waals surface area contributed by atoms with Crippen LogP contribution in [-0.2, 0) is 4.74 Å². The van der Waals surface area contributed by atoms with E-state index in [1.807, 2.05) is 87.8 Å². The van der Waals surface area contributed by atoms with Crippen LogP contribution in [0.25, 0.3) is 33.8 Å². The maximum absolute atomic E-state index is 9.67. The Morgan fingerprint density at radius 1 is 0.533 bits per heavy atom. The number of hydrogen-bond acceptors (Lipinski definition) is 1. The highest BCUT2D eigenvalue weighted by molar-refractivity contribution is 6.33. The Bertz CT molecular complexity index is 2220. The van der Waals surface area contributed by atoms with E-state index < -0.39 is 15.1 Å². The number of nitrogens with zero attached hydrogens (tertiary/aromatic N) is 1. The maximum Gasteiger partial charge on any atom is 0.762 e. The topological polar surface area (TPSA) is 23.5 Å². The fourth-order valence-electron chi connectivity index (χ4n) is 5.52. The largest absolute Gasteiger partial charge is 1.00 e. The van der Waals surface area contributed by atoms with Gasteiger partial charge in [-0.25, -0.2) is 8.99 Å². The second-order valence-electron chi connectivity index (χ2n) is 12.6. The van der Waals surface area contributed by atoms with Crippen molar-refractivity contribution in [3.63, 3.8) is 0 Å². The summed E-state index contributed by atoms with van der Waals surface area (Å²) in [5.41, 5.74) is 9.21. The molecule has 0 amide bonds. The van der Waals surface area contributed by atoms with Gasteiger partial charge in [0.15, 0.2) is 5.71 Å². The Hall–Kier alpha value is -6.75. The quantitative estimate of drug-likeness (QED) is 0.0777. The van der Waals surface area contributed by atoms with Crippen molar-refractivity contribution in [3.05, 3.63) is 222 Å². The van der Waals surface area contributed by atoms with Crippen molar-refractivity contribution in [1.82, 2.24) is 0 Å². The fourth-order valence-corrected chi connectivity index (χ4v) is 5.52. The molecular formula is C47H41B2F8NO2. The maximum atomic E-state index is 9.67. The third-order valence-corrected chi connectivity index (χ3v) is 8.13. The molecule has 0 unspecified atom stereocenters. The lowest BCUT2D eigenvalue weighted by atomic mass is 10.0. The van der Waals surface area contributed by atoms with Gasteiger partial charge in [-0.3, -0.25) is 25.9 Å². The SMILES string of the molecule is C[N+](C)=C1C=CC(=CC=CC=C2C=C(c3ccccc3)C=C(c3ccccc3)O2)C=C1.Cc1cc(-c2ccccc2)cc(-c2ccccc2)[o+]1.FB(F)F.FB(F)F.[F-].[F-]. The first kappa shape index (κ1) is 49.4. The van der Waals surface area contributed by atoms with Crippen molar-refractivity contribution in [2.45, 2.75) is 6.92 Å². The molecule has 13 heteroatoms. The van der Waals surface area contributed by atoms with Crippen molar-refractivity contribution >= 4 is 32.1 Å². The molecule has 0 radical (unpaired) electrons. The summed E-state index contributed by atoms with van der Waals surface area (Å²) >= 11 is 0. The monoisotopic (exact) mass is 825 g/mol. The zero-order valence-corrected chi connectivity index (χ0v) is 32.9. The summed E-state index contributed by atoms with van der Waals surface area (Å²) < 4.78 is 72.1. The average Bonchev–Trinajstić information content (AvgIpc) is 3.23. The molecule has 0 bridgehead atoms. The van der Waals surface area contributed by atoms with Crippen LogP contribution in [0, 0.1) is 6.92 Å². The van der Waals surface area contributed by atoms with E-state index in [-0.39, 0.29) is 9.41 Å². The molecule has 2 heterocycles. The molecule has 7 rings (SSSR count). The highest BCUT2D eigenvalue weighted by Gasteiger charge is 2.16. The van der Waals surface area contributed by atoms with Crippen LogP contribution in [0.4, 0.5) is 25.9 Å². The number of aryl methyl sites for hydroxylation is 1. The zero-order chi connectivity index (χ0) is 41.7. The van der Waals surface area contributed by atoms with E-state index in [2.05, 4.69) is 132 Å². The van der Waals surface area contributed by atoms with Gasteiger partial charge in [-0.2, -0.15) is 0 Å². The first-order valence-corrected chi connectivity index (χ1v) is 18.1. The fraction of sp³-hybridized carbons (Fsp3) is 0.0638. The van der Waals surface area contributed by atoms with Gasteiger partial charge in [0.1, 0.15) is 25.6 Å². The normalized spacial score (nSPS) is 12.9. The van der Waals surface area contributed by atoms with Gasteiger partial charge in [0.2, 0.25) is 0 Å². The summed E-state index contributed by atoms with van der Waals surface area (Å²) in [5, 5.41) is 0. The Morgan fingerprint density at radius 3 is 1.48 bits per heavy atom. The van der Waals surface area contributed by atoms with Crippen molar-refractivity contribution < 1.29 is 49.0 Å². The van der Waals surface area contributed by atoms with Gasteiger partial charge in [-0.05, 0) is 64.8 Å². The van der Waals surface area contributed by atoms with Gasteiger partial charge in [-0.15, -0.1) is 0 Å². The van der Waals surface area contributed by atoms with Crippen LogP contribution in [0.15, 0.2) is 210 Å². The van der Waals surface area contributed by atoms with Crippen molar-refractivity contribution in [1.29, 1.82) is 0 Å². The minimum atomic E-state index is -3.67. The third-order valence-electron chi connectivity index (χ3n) is 8.13. The number of rotatable bonds is 6. The number of halogens is 8. The van der Waals surface area contributed by atoms with Gasteiger partial charge >= 0.3 is 26.6 Å². The molecule has 1 aliphatic heterocycles. The van der Waals surface area contributed by atoms with Crippen molar-refractivity contribution in [2.24, 2.45) is 0 Å². The first-order valence-electron chi connectivity index (χ1n) is 18.1. The molecule has 60 heavy (non-hydrogen) atoms. The number of allylic oxidation sites excluding steroid dienone is 12. The van der Waals surface area contributed by atoms with Crippen LogP contribution in [0.1, 0.15) is 16.9 Å². The second kappa shape index (κ2) is 26.3. The lowest BCUT2D eigenvalue weighted by molar-refractivity contribution is -0.462. The van der Waals surface area contributed by atoms with Gasteiger partial charge in [0.05, 0.1) is 18.6 Å². The smallest absolute Gasteiger partial charge is 0.762 e. The predicted molar refractivity (Wildman–Crippen MR) is 228 cm³/mol. The molecule has 2 aliphatic rings. The molecule has 0 N–H and O–H groups in total. The van der Waals surface area contributed by atoms with Crippen LogP contribution in [-0.4, -0.2) is 39.5 Å². The number of benzene rings is 4. The highest BCUT2D eigenvalue weighted by Crippen LogP contribution is 2.32. The lowest BCUT2D eigenvalue weighted by Crippen LogP contribution is -3.00. The molecule has 4 aromatic carbocycles. The highest BCUT2D eigenvalue weighted by atomic mass is 19.4. The Labute approximate surface area is 346 Å². The third kappa shape index (κ3) is 17.4. The van der Waals surface area contributed by atoms with Gasteiger partial charge in [-0.1, -0.05) is 127 Å². The standard InChI is InChI=1S/C29H26NO.C18H15O.2BF3.2FH/c1-30(2)27-19-17-23(18-20-27)11-9-10-16-28-21-26(24-12-5-3-6-13-24)22-29(31-28)25-14-7-4-8-15-25;1-14-12-17(15-8-4-2-5-9-15)13-18(19-14)16-10-6-3-7-11-16;2*2-1(3)4;;/h3-22H,1-2H3;2-13H,1H3;;;2*1H/q2*+1;;;;/p-2. The molecule has 5 aromatic rings. The van der Waals surface area contributed by atoms with E-state index in [1.54, 1.807) is 0 Å². The summed E-state index contributed by atoms with van der Waals surface area (Å²) in [7, 11) is -3.24. The molecular weight excluding hydrogens is 784 g/mol. The van der Waals surface area contributed by atoms with E-state index in [0.29, 0.717) is 0 Å². The summed E-state index contributed by atoms with van der Waals surface area (Å²) in [5.74, 6) is 3.48. The van der Waals surface area contributed by atoms with Crippen molar-refractivity contribution in [3.8, 4) is 22.5 Å². The van der Waals surface area contributed by atoms with Crippen LogP contribution >= 0.6 is 0 Å². The van der Waals surface area contributed by atoms with Crippen LogP contribution in [0.5, 0.6) is 0 Å². The van der Waals surface area contributed by atoms with Crippen LogP contribution in [0.3, 0.4) is 0 Å². The summed E-state index contributed by atoms with van der Waals surface area (Å²) in [6.45, 7) is 1.98. The van der Waals surface area contributed by atoms with E-state index >= 15 is 0 Å². The molecule has 0 fully saturated rings. The van der Waals surface area contributed by atoms with Crippen LogP contribution < -0.4 is 9.41 Å². The molecule has 0 saturated carbocycles.